The summed E-state index contributed by atoms with van der Waals surface area (Å²) in [5.41, 5.74) is 4.61. The largest absolute Gasteiger partial charge is 0.508 e. The Labute approximate surface area is 122 Å². The van der Waals surface area contributed by atoms with E-state index in [1.54, 1.807) is 18.3 Å². The number of hydrogen-bond donors (Lipinski definition) is 1. The lowest BCUT2D eigenvalue weighted by molar-refractivity contribution is 0.476. The van der Waals surface area contributed by atoms with Crippen LogP contribution in [-0.4, -0.2) is 10.1 Å². The van der Waals surface area contributed by atoms with Crippen LogP contribution in [0.15, 0.2) is 42.6 Å². The summed E-state index contributed by atoms with van der Waals surface area (Å²) >= 11 is 6.15. The van der Waals surface area contributed by atoms with Gasteiger partial charge in [0.2, 0.25) is 0 Å². The molecule has 0 saturated heterocycles. The molecular formula is C17H14ClNO. The van der Waals surface area contributed by atoms with Gasteiger partial charge in [0.25, 0.3) is 0 Å². The summed E-state index contributed by atoms with van der Waals surface area (Å²) in [4.78, 5) is 4.26. The molecule has 3 heteroatoms. The van der Waals surface area contributed by atoms with Crippen LogP contribution in [0.2, 0.25) is 5.15 Å². The van der Waals surface area contributed by atoms with Crippen molar-refractivity contribution in [2.24, 2.45) is 0 Å². The number of pyridine rings is 1. The van der Waals surface area contributed by atoms with Gasteiger partial charge in [-0.25, -0.2) is 4.98 Å². The molecule has 1 aromatic heterocycles. The molecule has 0 radical (unpaired) electrons. The zero-order chi connectivity index (χ0) is 14.3. The Bertz CT molecular complexity index is 791. The van der Waals surface area contributed by atoms with Crippen molar-refractivity contribution in [2.75, 3.05) is 0 Å². The molecule has 1 heterocycles. The smallest absolute Gasteiger partial charge is 0.137 e. The average molecular weight is 284 g/mol. The fourth-order valence-corrected chi connectivity index (χ4v) is 2.84. The predicted octanol–water partition coefficient (Wildman–Crippen LogP) is 4.88. The number of aryl methyl sites for hydroxylation is 2. The molecule has 100 valence electrons. The van der Waals surface area contributed by atoms with Crippen molar-refractivity contribution < 1.29 is 5.11 Å². The van der Waals surface area contributed by atoms with Gasteiger partial charge in [0.15, 0.2) is 0 Å². The van der Waals surface area contributed by atoms with E-state index in [9.17, 15) is 5.11 Å². The molecule has 3 aromatic rings. The van der Waals surface area contributed by atoms with Crippen molar-refractivity contribution >= 4 is 22.4 Å². The third-order valence-electron chi connectivity index (χ3n) is 3.57. The van der Waals surface area contributed by atoms with Crippen molar-refractivity contribution in [3.8, 4) is 16.9 Å². The molecule has 2 aromatic carbocycles. The Morgan fingerprint density at radius 2 is 1.70 bits per heavy atom. The minimum absolute atomic E-state index is 0.194. The number of aromatic nitrogens is 1. The minimum atomic E-state index is 0.194. The second-order valence-corrected chi connectivity index (χ2v) is 5.32. The van der Waals surface area contributed by atoms with Crippen LogP contribution in [-0.2, 0) is 0 Å². The molecular weight excluding hydrogens is 270 g/mol. The lowest BCUT2D eigenvalue weighted by Gasteiger charge is -2.13. The first kappa shape index (κ1) is 12.9. The number of phenolic OH excluding ortho intramolecular Hbond substituents is 1. The molecule has 0 saturated carbocycles. The highest BCUT2D eigenvalue weighted by atomic mass is 35.5. The second-order valence-electron chi connectivity index (χ2n) is 4.96. The molecule has 0 spiro atoms. The van der Waals surface area contributed by atoms with E-state index in [-0.39, 0.29) is 5.75 Å². The fourth-order valence-electron chi connectivity index (χ4n) is 2.64. The fraction of sp³-hybridized carbons (Fsp3) is 0.118. The lowest BCUT2D eigenvalue weighted by Crippen LogP contribution is -1.91. The summed E-state index contributed by atoms with van der Waals surface area (Å²) in [6, 6.07) is 11.4. The molecule has 0 aliphatic carbocycles. The number of aromatic hydroxyl groups is 1. The topological polar surface area (TPSA) is 33.1 Å². The number of rotatable bonds is 1. The van der Waals surface area contributed by atoms with E-state index in [4.69, 9.17) is 11.6 Å². The highest BCUT2D eigenvalue weighted by molar-refractivity contribution is 6.34. The van der Waals surface area contributed by atoms with Crippen LogP contribution in [0.25, 0.3) is 21.9 Å². The molecule has 0 unspecified atom stereocenters. The zero-order valence-electron chi connectivity index (χ0n) is 11.3. The van der Waals surface area contributed by atoms with Crippen molar-refractivity contribution in [2.45, 2.75) is 13.8 Å². The van der Waals surface area contributed by atoms with E-state index in [1.165, 1.54) is 16.7 Å². The van der Waals surface area contributed by atoms with Gasteiger partial charge in [0.1, 0.15) is 10.9 Å². The summed E-state index contributed by atoms with van der Waals surface area (Å²) in [5, 5.41) is 11.8. The summed E-state index contributed by atoms with van der Waals surface area (Å²) in [6.45, 7) is 4.17. The molecule has 0 fully saturated rings. The number of nitrogens with zero attached hydrogens (tertiary/aromatic N) is 1. The lowest BCUT2D eigenvalue weighted by atomic mass is 9.93. The SMILES string of the molecule is Cc1cccc(C)c1-c1cnc(Cl)c2cc(O)ccc12. The van der Waals surface area contributed by atoms with Crippen LogP contribution in [0, 0.1) is 13.8 Å². The van der Waals surface area contributed by atoms with E-state index in [0.29, 0.717) is 5.15 Å². The number of fused-ring (bicyclic) bond motifs is 1. The van der Waals surface area contributed by atoms with Crippen molar-refractivity contribution in [1.82, 2.24) is 4.98 Å². The van der Waals surface area contributed by atoms with Crippen LogP contribution < -0.4 is 0 Å². The van der Waals surface area contributed by atoms with Crippen LogP contribution >= 0.6 is 11.6 Å². The van der Waals surface area contributed by atoms with Gasteiger partial charge in [-0.1, -0.05) is 29.8 Å². The molecule has 20 heavy (non-hydrogen) atoms. The van der Waals surface area contributed by atoms with E-state index < -0.39 is 0 Å². The predicted molar refractivity (Wildman–Crippen MR) is 83.3 cm³/mol. The number of halogens is 1. The Morgan fingerprint density at radius 1 is 1.00 bits per heavy atom. The molecule has 1 N–H and O–H groups in total. The Hall–Kier alpha value is -2.06. The monoisotopic (exact) mass is 283 g/mol. The van der Waals surface area contributed by atoms with E-state index >= 15 is 0 Å². The quantitative estimate of drug-likeness (QED) is 0.646. The van der Waals surface area contributed by atoms with Crippen molar-refractivity contribution in [3.05, 3.63) is 58.9 Å². The Morgan fingerprint density at radius 3 is 2.40 bits per heavy atom. The van der Waals surface area contributed by atoms with Gasteiger partial charge in [-0.3, -0.25) is 0 Å². The summed E-state index contributed by atoms with van der Waals surface area (Å²) < 4.78 is 0. The van der Waals surface area contributed by atoms with E-state index in [2.05, 4.69) is 31.0 Å². The molecule has 0 bridgehead atoms. The number of benzene rings is 2. The second kappa shape index (κ2) is 4.80. The van der Waals surface area contributed by atoms with Crippen LogP contribution in [0.4, 0.5) is 0 Å². The maximum absolute atomic E-state index is 9.64. The highest BCUT2D eigenvalue weighted by Crippen LogP contribution is 2.36. The minimum Gasteiger partial charge on any atom is -0.508 e. The Kier molecular flexibility index (Phi) is 3.11. The maximum atomic E-state index is 9.64. The molecule has 0 amide bonds. The highest BCUT2D eigenvalue weighted by Gasteiger charge is 2.12. The zero-order valence-corrected chi connectivity index (χ0v) is 12.1. The van der Waals surface area contributed by atoms with Gasteiger partial charge >= 0.3 is 0 Å². The van der Waals surface area contributed by atoms with Crippen molar-refractivity contribution in [3.63, 3.8) is 0 Å². The first-order valence-corrected chi connectivity index (χ1v) is 6.79. The number of phenols is 1. The summed E-state index contributed by atoms with van der Waals surface area (Å²) in [7, 11) is 0. The summed E-state index contributed by atoms with van der Waals surface area (Å²) in [5.74, 6) is 0.194. The van der Waals surface area contributed by atoms with Gasteiger partial charge in [0, 0.05) is 17.1 Å². The van der Waals surface area contributed by atoms with Crippen LogP contribution in [0.1, 0.15) is 11.1 Å². The van der Waals surface area contributed by atoms with E-state index in [1.807, 2.05) is 12.1 Å². The Balaban J connectivity index is 2.41. The van der Waals surface area contributed by atoms with Gasteiger partial charge in [-0.15, -0.1) is 0 Å². The molecule has 2 nitrogen and oxygen atoms in total. The molecule has 0 aliphatic rings. The average Bonchev–Trinajstić information content (AvgIpc) is 2.41. The van der Waals surface area contributed by atoms with Crippen LogP contribution in [0.5, 0.6) is 5.75 Å². The molecule has 0 aliphatic heterocycles. The third kappa shape index (κ3) is 2.02. The first-order valence-electron chi connectivity index (χ1n) is 6.42. The van der Waals surface area contributed by atoms with Crippen LogP contribution in [0.3, 0.4) is 0 Å². The molecule has 0 atom stereocenters. The van der Waals surface area contributed by atoms with Gasteiger partial charge in [-0.2, -0.15) is 0 Å². The first-order chi connectivity index (χ1) is 9.58. The van der Waals surface area contributed by atoms with Gasteiger partial charge in [-0.05, 0) is 54.1 Å². The molecule has 3 rings (SSSR count). The van der Waals surface area contributed by atoms with E-state index in [0.717, 1.165) is 16.3 Å². The normalized spacial score (nSPS) is 10.9. The summed E-state index contributed by atoms with van der Waals surface area (Å²) in [6.07, 6.45) is 1.80. The maximum Gasteiger partial charge on any atom is 0.137 e. The van der Waals surface area contributed by atoms with Gasteiger partial charge < -0.3 is 5.11 Å². The number of hydrogen-bond acceptors (Lipinski definition) is 2. The third-order valence-corrected chi connectivity index (χ3v) is 3.87. The standard InChI is InChI=1S/C17H14ClNO/c1-10-4-3-5-11(2)16(10)15-9-19-17(18)14-8-12(20)6-7-13(14)15/h3-9,20H,1-2H3. The van der Waals surface area contributed by atoms with Gasteiger partial charge in [0.05, 0.1) is 0 Å². The van der Waals surface area contributed by atoms with Crippen molar-refractivity contribution in [1.29, 1.82) is 0 Å².